The predicted molar refractivity (Wildman–Crippen MR) is 148 cm³/mol. The maximum atomic E-state index is 9.65. The second-order valence-corrected chi connectivity index (χ2v) is 9.69. The van der Waals surface area contributed by atoms with Crippen molar-refractivity contribution in [2.45, 2.75) is 46.1 Å². The minimum Gasteiger partial charge on any atom is -0.368 e. The number of rotatable bonds is 7. The van der Waals surface area contributed by atoms with Crippen molar-refractivity contribution in [3.63, 3.8) is 0 Å². The molecule has 1 aromatic carbocycles. The maximum absolute atomic E-state index is 9.65. The molecule has 0 saturated carbocycles. The summed E-state index contributed by atoms with van der Waals surface area (Å²) in [5.74, 6) is 1.01. The highest BCUT2D eigenvalue weighted by molar-refractivity contribution is 5.86. The van der Waals surface area contributed by atoms with Gasteiger partial charge in [0.15, 0.2) is 0 Å². The SMILES string of the molecule is CCC(=CNC=NC)Cc1ncc(C#N)cc1-c1nc2cc(-c3cnc(N)nc3)ccc2n1C(C)(C)C. The van der Waals surface area contributed by atoms with Crippen molar-refractivity contribution in [2.24, 2.45) is 4.99 Å². The van der Waals surface area contributed by atoms with Gasteiger partial charge in [-0.2, -0.15) is 5.26 Å². The second-order valence-electron chi connectivity index (χ2n) is 9.69. The zero-order chi connectivity index (χ0) is 26.6. The summed E-state index contributed by atoms with van der Waals surface area (Å²) < 4.78 is 2.21. The number of aromatic nitrogens is 5. The number of fused-ring (bicyclic) bond motifs is 1. The van der Waals surface area contributed by atoms with E-state index < -0.39 is 0 Å². The minimum absolute atomic E-state index is 0.235. The molecule has 37 heavy (non-hydrogen) atoms. The molecule has 4 aromatic rings. The van der Waals surface area contributed by atoms with Gasteiger partial charge in [0, 0.05) is 54.9 Å². The Morgan fingerprint density at radius 2 is 1.89 bits per heavy atom. The number of anilines is 1. The quantitative estimate of drug-likeness (QED) is 0.278. The number of nitrogens with zero attached hydrogens (tertiary/aromatic N) is 7. The van der Waals surface area contributed by atoms with E-state index in [2.05, 4.69) is 64.7 Å². The highest BCUT2D eigenvalue weighted by Gasteiger charge is 2.25. The van der Waals surface area contributed by atoms with Crippen molar-refractivity contribution in [1.82, 2.24) is 29.8 Å². The van der Waals surface area contributed by atoms with E-state index >= 15 is 0 Å². The highest BCUT2D eigenvalue weighted by Crippen LogP contribution is 2.35. The molecule has 9 nitrogen and oxygen atoms in total. The van der Waals surface area contributed by atoms with Crippen LogP contribution in [0.1, 0.15) is 45.4 Å². The topological polar surface area (TPSA) is 131 Å². The molecule has 0 radical (unpaired) electrons. The lowest BCUT2D eigenvalue weighted by atomic mass is 10.0. The number of benzene rings is 1. The molecule has 0 bridgehead atoms. The van der Waals surface area contributed by atoms with Gasteiger partial charge in [0.2, 0.25) is 5.95 Å². The van der Waals surface area contributed by atoms with Gasteiger partial charge >= 0.3 is 0 Å². The van der Waals surface area contributed by atoms with Crippen LogP contribution in [0.25, 0.3) is 33.5 Å². The molecule has 0 aliphatic heterocycles. The molecule has 0 unspecified atom stereocenters. The van der Waals surface area contributed by atoms with Gasteiger partial charge in [-0.05, 0) is 56.5 Å². The van der Waals surface area contributed by atoms with Gasteiger partial charge < -0.3 is 15.6 Å². The van der Waals surface area contributed by atoms with Crippen LogP contribution in [0.3, 0.4) is 0 Å². The largest absolute Gasteiger partial charge is 0.368 e. The van der Waals surface area contributed by atoms with E-state index in [1.54, 1.807) is 32.0 Å². The van der Waals surface area contributed by atoms with E-state index in [1.807, 2.05) is 24.4 Å². The summed E-state index contributed by atoms with van der Waals surface area (Å²) in [6.07, 6.45) is 10.1. The first-order valence-electron chi connectivity index (χ1n) is 12.1. The molecule has 0 atom stereocenters. The molecule has 0 amide bonds. The molecule has 4 rings (SSSR count). The summed E-state index contributed by atoms with van der Waals surface area (Å²) in [7, 11) is 1.72. The Morgan fingerprint density at radius 3 is 2.54 bits per heavy atom. The smallest absolute Gasteiger partial charge is 0.219 e. The second kappa shape index (κ2) is 10.6. The minimum atomic E-state index is -0.279. The number of aliphatic imine (C=N–C) groups is 1. The van der Waals surface area contributed by atoms with Gasteiger partial charge in [0.05, 0.1) is 28.6 Å². The number of hydrogen-bond donors (Lipinski definition) is 2. The summed E-state index contributed by atoms with van der Waals surface area (Å²) >= 11 is 0. The van der Waals surface area contributed by atoms with Crippen LogP contribution in [-0.4, -0.2) is 37.9 Å². The molecule has 3 N–H and O–H groups in total. The lowest BCUT2D eigenvalue weighted by Crippen LogP contribution is -2.23. The van der Waals surface area contributed by atoms with E-state index in [9.17, 15) is 5.26 Å². The summed E-state index contributed by atoms with van der Waals surface area (Å²) in [4.78, 5) is 22.0. The van der Waals surface area contributed by atoms with Crippen LogP contribution >= 0.6 is 0 Å². The van der Waals surface area contributed by atoms with E-state index in [0.29, 0.717) is 12.0 Å². The van der Waals surface area contributed by atoms with Crippen molar-refractivity contribution >= 4 is 23.3 Å². The number of imidazole rings is 1. The molecule has 3 aromatic heterocycles. The van der Waals surface area contributed by atoms with E-state index in [-0.39, 0.29) is 11.5 Å². The first kappa shape index (κ1) is 25.5. The number of nitrogens with one attached hydrogen (secondary N) is 1. The van der Waals surface area contributed by atoms with Crippen LogP contribution < -0.4 is 11.1 Å². The third kappa shape index (κ3) is 5.48. The Morgan fingerprint density at radius 1 is 1.14 bits per heavy atom. The normalized spacial score (nSPS) is 12.3. The number of pyridine rings is 1. The van der Waals surface area contributed by atoms with Gasteiger partial charge in [-0.25, -0.2) is 15.0 Å². The van der Waals surface area contributed by atoms with Crippen LogP contribution in [0, 0.1) is 11.3 Å². The third-order valence-corrected chi connectivity index (χ3v) is 6.01. The Bertz CT molecular complexity index is 1510. The summed E-state index contributed by atoms with van der Waals surface area (Å²) in [6.45, 7) is 8.54. The molecular weight excluding hydrogens is 462 g/mol. The van der Waals surface area contributed by atoms with Crippen LogP contribution in [0.2, 0.25) is 0 Å². The van der Waals surface area contributed by atoms with Crippen LogP contribution in [0.5, 0.6) is 0 Å². The van der Waals surface area contributed by atoms with Crippen LogP contribution in [0.15, 0.2) is 59.6 Å². The number of nitrogen functional groups attached to an aromatic ring is 1. The number of hydrogen-bond acceptors (Lipinski definition) is 7. The Balaban J connectivity index is 1.91. The Labute approximate surface area is 216 Å². The molecular formula is C28H31N9. The fourth-order valence-electron chi connectivity index (χ4n) is 4.22. The van der Waals surface area contributed by atoms with Crippen LogP contribution in [-0.2, 0) is 12.0 Å². The molecule has 9 heteroatoms. The highest BCUT2D eigenvalue weighted by atomic mass is 15.1. The third-order valence-electron chi connectivity index (χ3n) is 6.01. The monoisotopic (exact) mass is 493 g/mol. The zero-order valence-electron chi connectivity index (χ0n) is 21.8. The predicted octanol–water partition coefficient (Wildman–Crippen LogP) is 4.85. The number of nitriles is 1. The molecule has 188 valence electrons. The zero-order valence-corrected chi connectivity index (χ0v) is 21.8. The van der Waals surface area contributed by atoms with Crippen molar-refractivity contribution in [1.29, 1.82) is 5.26 Å². The van der Waals surface area contributed by atoms with Crippen molar-refractivity contribution in [3.05, 3.63) is 65.9 Å². The van der Waals surface area contributed by atoms with Gasteiger partial charge in [0.1, 0.15) is 11.9 Å². The maximum Gasteiger partial charge on any atom is 0.219 e. The molecule has 0 aliphatic rings. The average Bonchev–Trinajstić information content (AvgIpc) is 3.28. The fourth-order valence-corrected chi connectivity index (χ4v) is 4.22. The molecule has 0 fully saturated rings. The summed E-state index contributed by atoms with van der Waals surface area (Å²) in [6, 6.07) is 10.2. The van der Waals surface area contributed by atoms with Crippen molar-refractivity contribution < 1.29 is 0 Å². The molecule has 0 aliphatic carbocycles. The van der Waals surface area contributed by atoms with E-state index in [4.69, 9.17) is 15.7 Å². The first-order valence-corrected chi connectivity index (χ1v) is 12.1. The van der Waals surface area contributed by atoms with Crippen molar-refractivity contribution in [3.8, 4) is 28.6 Å². The average molecular weight is 494 g/mol. The number of nitrogens with two attached hydrogens (primary N) is 1. The number of allylic oxidation sites excluding steroid dienone is 1. The lowest BCUT2D eigenvalue weighted by Gasteiger charge is -2.25. The van der Waals surface area contributed by atoms with E-state index in [0.717, 1.165) is 51.2 Å². The van der Waals surface area contributed by atoms with Gasteiger partial charge in [0.25, 0.3) is 0 Å². The first-order chi connectivity index (χ1) is 17.7. The Hall–Kier alpha value is -4.58. The fraction of sp³-hybridized carbons (Fsp3) is 0.286. The van der Waals surface area contributed by atoms with Gasteiger partial charge in [-0.1, -0.05) is 13.0 Å². The van der Waals surface area contributed by atoms with Gasteiger partial charge in [-0.15, -0.1) is 0 Å². The van der Waals surface area contributed by atoms with Crippen LogP contribution in [0.4, 0.5) is 5.95 Å². The summed E-state index contributed by atoms with van der Waals surface area (Å²) in [5.41, 5.74) is 12.4. The summed E-state index contributed by atoms with van der Waals surface area (Å²) in [5, 5.41) is 12.7. The van der Waals surface area contributed by atoms with Gasteiger partial charge in [-0.3, -0.25) is 9.98 Å². The Kier molecular flexibility index (Phi) is 7.30. The van der Waals surface area contributed by atoms with Crippen molar-refractivity contribution in [2.75, 3.05) is 12.8 Å². The molecule has 0 saturated heterocycles. The lowest BCUT2D eigenvalue weighted by molar-refractivity contribution is 0.413. The molecule has 0 spiro atoms. The standard InChI is InChI=1S/C28H31N9/c1-6-18(13-32-17-31-5)10-23-22(9-19(12-29)14-33-23)26-36-24-11-20(21-15-34-27(30)35-16-21)7-8-25(24)37(26)28(2,3)4/h7-9,11,13-17H,6,10H2,1-5H3,(H,31,32)(H2,30,34,35). The molecule has 3 heterocycles. The van der Waals surface area contributed by atoms with E-state index in [1.165, 1.54) is 0 Å².